The second-order valence-electron chi connectivity index (χ2n) is 6.81. The summed E-state index contributed by atoms with van der Waals surface area (Å²) in [6.45, 7) is 8.56. The predicted molar refractivity (Wildman–Crippen MR) is 86.1 cm³/mol. The highest BCUT2D eigenvalue weighted by Gasteiger charge is 2.34. The van der Waals surface area contributed by atoms with Crippen LogP contribution in [0.25, 0.3) is 0 Å². The molecule has 0 amide bonds. The number of hydrogen-bond acceptors (Lipinski definition) is 3. The smallest absolute Gasteiger partial charge is 0.340 e. The summed E-state index contributed by atoms with van der Waals surface area (Å²) >= 11 is 0. The van der Waals surface area contributed by atoms with Gasteiger partial charge in [0, 0.05) is 5.69 Å². The van der Waals surface area contributed by atoms with Gasteiger partial charge in [-0.3, -0.25) is 0 Å². The van der Waals surface area contributed by atoms with Crippen molar-refractivity contribution in [3.05, 3.63) is 29.3 Å². The second-order valence-corrected chi connectivity index (χ2v) is 6.81. The van der Waals surface area contributed by atoms with E-state index < -0.39 is 0 Å². The van der Waals surface area contributed by atoms with Crippen molar-refractivity contribution in [1.29, 1.82) is 0 Å². The van der Waals surface area contributed by atoms with Crippen molar-refractivity contribution < 1.29 is 9.53 Å². The minimum Gasteiger partial charge on any atom is -0.458 e. The molecule has 0 spiro atoms. The lowest BCUT2D eigenvalue weighted by atomic mass is 9.75. The van der Waals surface area contributed by atoms with Gasteiger partial charge in [0.25, 0.3) is 0 Å². The van der Waals surface area contributed by atoms with E-state index in [1.165, 1.54) is 6.42 Å². The number of nitrogen functional groups attached to an aromatic ring is 1. The summed E-state index contributed by atoms with van der Waals surface area (Å²) in [5.74, 6) is 1.34. The van der Waals surface area contributed by atoms with Crippen LogP contribution in [-0.4, -0.2) is 12.1 Å². The maximum absolute atomic E-state index is 12.5. The fraction of sp³-hybridized carbons (Fsp3) is 0.611. The van der Waals surface area contributed by atoms with Crippen LogP contribution in [0.5, 0.6) is 0 Å². The summed E-state index contributed by atoms with van der Waals surface area (Å²) in [6.07, 6.45) is 3.34. The van der Waals surface area contributed by atoms with Gasteiger partial charge in [-0.25, -0.2) is 4.79 Å². The van der Waals surface area contributed by atoms with E-state index >= 15 is 0 Å². The zero-order chi connectivity index (χ0) is 15.6. The summed E-state index contributed by atoms with van der Waals surface area (Å²) in [6, 6.07) is 5.52. The lowest BCUT2D eigenvalue weighted by molar-refractivity contribution is -0.0173. The van der Waals surface area contributed by atoms with E-state index in [-0.39, 0.29) is 12.1 Å². The zero-order valence-corrected chi connectivity index (χ0v) is 13.6. The molecule has 0 saturated heterocycles. The Morgan fingerprint density at radius 2 is 2.05 bits per heavy atom. The van der Waals surface area contributed by atoms with Crippen LogP contribution in [0.4, 0.5) is 5.69 Å². The van der Waals surface area contributed by atoms with E-state index in [4.69, 9.17) is 10.5 Å². The molecule has 0 heterocycles. The van der Waals surface area contributed by atoms with E-state index in [9.17, 15) is 4.79 Å². The molecule has 3 atom stereocenters. The third-order valence-electron chi connectivity index (χ3n) is 4.73. The number of hydrogen-bond donors (Lipinski definition) is 1. The molecule has 3 nitrogen and oxygen atoms in total. The molecule has 1 aromatic carbocycles. The van der Waals surface area contributed by atoms with Crippen molar-refractivity contribution in [3.63, 3.8) is 0 Å². The van der Waals surface area contributed by atoms with Gasteiger partial charge >= 0.3 is 5.97 Å². The first kappa shape index (κ1) is 15.9. The Morgan fingerprint density at radius 1 is 1.33 bits per heavy atom. The number of esters is 1. The number of aryl methyl sites for hydroxylation is 1. The molecule has 1 aromatic rings. The Kier molecular flexibility index (Phi) is 4.92. The molecule has 0 aliphatic heterocycles. The molecule has 2 N–H and O–H groups in total. The van der Waals surface area contributed by atoms with Crippen molar-refractivity contribution in [1.82, 2.24) is 0 Å². The van der Waals surface area contributed by atoms with E-state index in [1.54, 1.807) is 6.07 Å². The monoisotopic (exact) mass is 289 g/mol. The number of benzene rings is 1. The van der Waals surface area contributed by atoms with Crippen LogP contribution >= 0.6 is 0 Å². The zero-order valence-electron chi connectivity index (χ0n) is 13.6. The first-order chi connectivity index (χ1) is 9.90. The van der Waals surface area contributed by atoms with Gasteiger partial charge in [-0.15, -0.1) is 0 Å². The molecule has 0 aromatic heterocycles. The van der Waals surface area contributed by atoms with Crippen LogP contribution in [0.15, 0.2) is 18.2 Å². The van der Waals surface area contributed by atoms with E-state index in [2.05, 4.69) is 20.8 Å². The number of carbonyl (C=O) groups is 1. The van der Waals surface area contributed by atoms with Gasteiger partial charge in [0.1, 0.15) is 6.10 Å². The van der Waals surface area contributed by atoms with Crippen LogP contribution < -0.4 is 5.73 Å². The van der Waals surface area contributed by atoms with Crippen LogP contribution in [-0.2, 0) is 4.74 Å². The summed E-state index contributed by atoms with van der Waals surface area (Å²) in [4.78, 5) is 12.5. The number of nitrogens with two attached hydrogens (primary N) is 1. The average Bonchev–Trinajstić information content (AvgIpc) is 2.38. The fourth-order valence-electron chi connectivity index (χ4n) is 3.42. The van der Waals surface area contributed by atoms with Crippen molar-refractivity contribution in [2.75, 3.05) is 5.73 Å². The Balaban J connectivity index is 2.17. The number of ether oxygens (including phenoxy) is 1. The van der Waals surface area contributed by atoms with Crippen LogP contribution in [0, 0.1) is 24.7 Å². The molecule has 21 heavy (non-hydrogen) atoms. The van der Waals surface area contributed by atoms with Crippen LogP contribution in [0.3, 0.4) is 0 Å². The minimum atomic E-state index is -0.268. The molecular formula is C18H27NO2. The van der Waals surface area contributed by atoms with Crippen molar-refractivity contribution in [2.45, 2.75) is 53.1 Å². The quantitative estimate of drug-likeness (QED) is 0.670. The fourth-order valence-corrected chi connectivity index (χ4v) is 3.42. The number of rotatable bonds is 3. The van der Waals surface area contributed by atoms with Gasteiger partial charge in [0.05, 0.1) is 5.56 Å². The third-order valence-corrected chi connectivity index (χ3v) is 4.73. The first-order valence-corrected chi connectivity index (χ1v) is 7.96. The largest absolute Gasteiger partial charge is 0.458 e. The van der Waals surface area contributed by atoms with Gasteiger partial charge in [0.2, 0.25) is 0 Å². The Labute approximate surface area is 127 Å². The summed E-state index contributed by atoms with van der Waals surface area (Å²) < 4.78 is 5.86. The predicted octanol–water partition coefficient (Wildman–Crippen LogP) is 4.19. The maximum Gasteiger partial charge on any atom is 0.340 e. The first-order valence-electron chi connectivity index (χ1n) is 7.96. The summed E-state index contributed by atoms with van der Waals surface area (Å²) in [5, 5.41) is 0. The molecule has 1 aliphatic carbocycles. The Bertz CT molecular complexity index is 490. The lowest BCUT2D eigenvalue weighted by Crippen LogP contribution is -2.36. The van der Waals surface area contributed by atoms with Crippen LogP contribution in [0.1, 0.15) is 56.0 Å². The standard InChI is InChI=1S/C18H27NO2/c1-11(2)14-9-8-12(3)10-16(14)21-18(20)17-13(4)6-5-7-15(17)19/h5-7,11-12,14,16H,8-10,19H2,1-4H3. The molecular weight excluding hydrogens is 262 g/mol. The van der Waals surface area contributed by atoms with Gasteiger partial charge < -0.3 is 10.5 Å². The van der Waals surface area contributed by atoms with Gasteiger partial charge in [0.15, 0.2) is 0 Å². The SMILES string of the molecule is Cc1cccc(N)c1C(=O)OC1CC(C)CCC1C(C)C. The van der Waals surface area contributed by atoms with Gasteiger partial charge in [-0.2, -0.15) is 0 Å². The minimum absolute atomic E-state index is 0.0141. The average molecular weight is 289 g/mol. The Morgan fingerprint density at radius 3 is 2.67 bits per heavy atom. The van der Waals surface area contributed by atoms with Gasteiger partial charge in [-0.05, 0) is 49.1 Å². The molecule has 1 aliphatic rings. The Hall–Kier alpha value is -1.51. The van der Waals surface area contributed by atoms with Crippen molar-refractivity contribution in [3.8, 4) is 0 Å². The second kappa shape index (κ2) is 6.50. The molecule has 2 rings (SSSR count). The van der Waals surface area contributed by atoms with Crippen LogP contribution in [0.2, 0.25) is 0 Å². The van der Waals surface area contributed by atoms with E-state index in [0.29, 0.717) is 29.0 Å². The molecule has 116 valence electrons. The summed E-state index contributed by atoms with van der Waals surface area (Å²) in [5.41, 5.74) is 7.86. The van der Waals surface area contributed by atoms with Crippen molar-refractivity contribution in [2.24, 2.45) is 17.8 Å². The highest BCUT2D eigenvalue weighted by molar-refractivity contribution is 5.96. The normalized spacial score (nSPS) is 25.9. The summed E-state index contributed by atoms with van der Waals surface area (Å²) in [7, 11) is 0. The maximum atomic E-state index is 12.5. The molecule has 1 saturated carbocycles. The number of carbonyl (C=O) groups excluding carboxylic acids is 1. The van der Waals surface area contributed by atoms with E-state index in [0.717, 1.165) is 18.4 Å². The lowest BCUT2D eigenvalue weighted by Gasteiger charge is -2.36. The van der Waals surface area contributed by atoms with E-state index in [1.807, 2.05) is 19.1 Å². The highest BCUT2D eigenvalue weighted by Crippen LogP contribution is 2.36. The van der Waals surface area contributed by atoms with Gasteiger partial charge in [-0.1, -0.05) is 39.3 Å². The molecule has 3 heteroatoms. The molecule has 3 unspecified atom stereocenters. The topological polar surface area (TPSA) is 52.3 Å². The molecule has 0 radical (unpaired) electrons. The van der Waals surface area contributed by atoms with Crippen molar-refractivity contribution >= 4 is 11.7 Å². The highest BCUT2D eigenvalue weighted by atomic mass is 16.5. The number of anilines is 1. The molecule has 0 bridgehead atoms. The molecule has 1 fully saturated rings. The third kappa shape index (κ3) is 3.58.